The Bertz CT molecular complexity index is 407. The normalized spacial score (nSPS) is 22.3. The molecular formula is C19H36N2O3. The zero-order valence-corrected chi connectivity index (χ0v) is 16.2. The van der Waals surface area contributed by atoms with Crippen molar-refractivity contribution in [1.82, 2.24) is 10.2 Å². The van der Waals surface area contributed by atoms with Gasteiger partial charge in [0, 0.05) is 25.7 Å². The maximum atomic E-state index is 12.0. The summed E-state index contributed by atoms with van der Waals surface area (Å²) >= 11 is 0. The molecule has 140 valence electrons. The van der Waals surface area contributed by atoms with Crippen LogP contribution in [0.25, 0.3) is 0 Å². The van der Waals surface area contributed by atoms with Gasteiger partial charge in [0.15, 0.2) is 0 Å². The Morgan fingerprint density at radius 3 is 2.46 bits per heavy atom. The maximum Gasteiger partial charge on any atom is 0.410 e. The molecule has 1 amide bonds. The third-order valence-corrected chi connectivity index (χ3v) is 5.30. The number of amides is 1. The van der Waals surface area contributed by atoms with Crippen LogP contribution in [0, 0.1) is 5.41 Å². The highest BCUT2D eigenvalue weighted by Gasteiger charge is 2.41. The van der Waals surface area contributed by atoms with Crippen molar-refractivity contribution in [3.63, 3.8) is 0 Å². The number of rotatable bonds is 7. The summed E-state index contributed by atoms with van der Waals surface area (Å²) in [6, 6.07) is 0.606. The third-order valence-electron chi connectivity index (χ3n) is 5.30. The van der Waals surface area contributed by atoms with Crippen molar-refractivity contribution in [1.29, 1.82) is 0 Å². The molecular weight excluding hydrogens is 304 g/mol. The molecule has 5 nitrogen and oxygen atoms in total. The number of piperidine rings is 1. The largest absolute Gasteiger partial charge is 0.444 e. The first-order valence-electron chi connectivity index (χ1n) is 9.52. The number of nitrogens with zero attached hydrogens (tertiary/aromatic N) is 1. The van der Waals surface area contributed by atoms with Crippen molar-refractivity contribution in [2.24, 2.45) is 5.41 Å². The van der Waals surface area contributed by atoms with Crippen LogP contribution in [-0.2, 0) is 9.47 Å². The lowest BCUT2D eigenvalue weighted by Crippen LogP contribution is -2.43. The van der Waals surface area contributed by atoms with E-state index in [-0.39, 0.29) is 12.2 Å². The lowest BCUT2D eigenvalue weighted by atomic mass is 10.0. The summed E-state index contributed by atoms with van der Waals surface area (Å²) in [7, 11) is 0. The summed E-state index contributed by atoms with van der Waals surface area (Å²) in [5.74, 6) is 0. The van der Waals surface area contributed by atoms with Gasteiger partial charge in [-0.3, -0.25) is 0 Å². The third kappa shape index (κ3) is 6.25. The van der Waals surface area contributed by atoms with Crippen LogP contribution in [0.5, 0.6) is 0 Å². The van der Waals surface area contributed by atoms with E-state index in [0.717, 1.165) is 45.5 Å². The Hall–Kier alpha value is -0.810. The van der Waals surface area contributed by atoms with Crippen LogP contribution in [0.1, 0.15) is 66.7 Å². The van der Waals surface area contributed by atoms with Gasteiger partial charge in [-0.2, -0.15) is 0 Å². The Morgan fingerprint density at radius 1 is 1.29 bits per heavy atom. The van der Waals surface area contributed by atoms with Gasteiger partial charge in [-0.05, 0) is 71.8 Å². The molecule has 1 saturated carbocycles. The van der Waals surface area contributed by atoms with E-state index in [2.05, 4.69) is 19.2 Å². The van der Waals surface area contributed by atoms with Crippen molar-refractivity contribution in [3.05, 3.63) is 0 Å². The highest BCUT2D eigenvalue weighted by molar-refractivity contribution is 5.68. The van der Waals surface area contributed by atoms with Crippen molar-refractivity contribution in [2.75, 3.05) is 26.2 Å². The first-order valence-corrected chi connectivity index (χ1v) is 9.52. The van der Waals surface area contributed by atoms with E-state index in [1.165, 1.54) is 12.8 Å². The molecule has 1 heterocycles. The number of hydrogen-bond acceptors (Lipinski definition) is 4. The number of nitrogens with one attached hydrogen (secondary N) is 1. The van der Waals surface area contributed by atoms with Crippen LogP contribution >= 0.6 is 0 Å². The number of ether oxygens (including phenoxy) is 2. The van der Waals surface area contributed by atoms with Crippen LogP contribution < -0.4 is 5.32 Å². The van der Waals surface area contributed by atoms with Gasteiger partial charge in [0.2, 0.25) is 0 Å². The van der Waals surface area contributed by atoms with Gasteiger partial charge in [0.25, 0.3) is 0 Å². The van der Waals surface area contributed by atoms with E-state index in [0.29, 0.717) is 11.5 Å². The molecule has 0 aromatic rings. The molecule has 0 aromatic heterocycles. The SMILES string of the molecule is CC(NCCCOC1CCN(C(=O)OC(C)(C)C)CC1)C1(C)CC1. The number of carbonyl (C=O) groups excluding carboxylic acids is 1. The Labute approximate surface area is 147 Å². The van der Waals surface area contributed by atoms with Crippen molar-refractivity contribution in [2.45, 2.75) is 84.5 Å². The van der Waals surface area contributed by atoms with E-state index >= 15 is 0 Å². The van der Waals surface area contributed by atoms with Gasteiger partial charge in [-0.15, -0.1) is 0 Å². The molecule has 1 aliphatic heterocycles. The van der Waals surface area contributed by atoms with Crippen LogP contribution in [-0.4, -0.2) is 55.0 Å². The van der Waals surface area contributed by atoms with Gasteiger partial charge in [0.05, 0.1) is 6.10 Å². The lowest BCUT2D eigenvalue weighted by Gasteiger charge is -2.33. The number of hydrogen-bond donors (Lipinski definition) is 1. The fraction of sp³-hybridized carbons (Fsp3) is 0.947. The molecule has 2 fully saturated rings. The quantitative estimate of drug-likeness (QED) is 0.720. The first-order chi connectivity index (χ1) is 11.2. The zero-order chi connectivity index (χ0) is 17.8. The molecule has 0 bridgehead atoms. The Kier molecular flexibility index (Phi) is 6.54. The van der Waals surface area contributed by atoms with Crippen LogP contribution in [0.15, 0.2) is 0 Å². The smallest absolute Gasteiger partial charge is 0.410 e. The predicted octanol–water partition coefficient (Wildman–Crippen LogP) is 3.57. The Balaban J connectivity index is 1.52. The number of likely N-dealkylation sites (tertiary alicyclic amines) is 1. The van der Waals surface area contributed by atoms with Crippen molar-refractivity contribution < 1.29 is 14.3 Å². The summed E-state index contributed by atoms with van der Waals surface area (Å²) in [5, 5.41) is 3.62. The maximum absolute atomic E-state index is 12.0. The molecule has 2 aliphatic rings. The molecule has 1 N–H and O–H groups in total. The van der Waals surface area contributed by atoms with Gasteiger partial charge in [-0.25, -0.2) is 4.79 Å². The highest BCUT2D eigenvalue weighted by atomic mass is 16.6. The van der Waals surface area contributed by atoms with Crippen molar-refractivity contribution >= 4 is 6.09 Å². The van der Waals surface area contributed by atoms with Gasteiger partial charge < -0.3 is 19.7 Å². The lowest BCUT2D eigenvalue weighted by molar-refractivity contribution is -0.0118. The van der Waals surface area contributed by atoms with Crippen LogP contribution in [0.2, 0.25) is 0 Å². The minimum Gasteiger partial charge on any atom is -0.444 e. The minimum absolute atomic E-state index is 0.201. The molecule has 24 heavy (non-hydrogen) atoms. The van der Waals surface area contributed by atoms with Gasteiger partial charge in [0.1, 0.15) is 5.60 Å². The average Bonchev–Trinajstić information content (AvgIpc) is 3.25. The molecule has 2 rings (SSSR count). The number of carbonyl (C=O) groups is 1. The summed E-state index contributed by atoms with van der Waals surface area (Å²) in [4.78, 5) is 13.8. The van der Waals surface area contributed by atoms with Gasteiger partial charge >= 0.3 is 6.09 Å². The van der Waals surface area contributed by atoms with Crippen molar-refractivity contribution in [3.8, 4) is 0 Å². The molecule has 1 aliphatic carbocycles. The second kappa shape index (κ2) is 8.05. The average molecular weight is 341 g/mol. The predicted molar refractivity (Wildman–Crippen MR) is 96.2 cm³/mol. The fourth-order valence-corrected chi connectivity index (χ4v) is 3.05. The summed E-state index contributed by atoms with van der Waals surface area (Å²) in [5.41, 5.74) is 0.113. The second-order valence-corrected chi connectivity index (χ2v) is 8.72. The summed E-state index contributed by atoms with van der Waals surface area (Å²) < 4.78 is 11.4. The molecule has 5 heteroatoms. The van der Waals surface area contributed by atoms with Crippen LogP contribution in [0.4, 0.5) is 4.79 Å². The van der Waals surface area contributed by atoms with Gasteiger partial charge in [-0.1, -0.05) is 6.92 Å². The van der Waals surface area contributed by atoms with Crippen LogP contribution in [0.3, 0.4) is 0 Å². The topological polar surface area (TPSA) is 50.8 Å². The zero-order valence-electron chi connectivity index (χ0n) is 16.2. The molecule has 1 saturated heterocycles. The Morgan fingerprint density at radius 2 is 1.92 bits per heavy atom. The molecule has 0 radical (unpaired) electrons. The standard InChI is InChI=1S/C19H36N2O3/c1-15(19(5)9-10-19)20-11-6-14-23-16-7-12-21(13-8-16)17(22)24-18(2,3)4/h15-16,20H,6-14H2,1-5H3. The fourth-order valence-electron chi connectivity index (χ4n) is 3.05. The molecule has 1 unspecified atom stereocenters. The molecule has 1 atom stereocenters. The van der Waals surface area contributed by atoms with E-state index in [4.69, 9.17) is 9.47 Å². The van der Waals surface area contributed by atoms with E-state index in [9.17, 15) is 4.79 Å². The monoisotopic (exact) mass is 340 g/mol. The second-order valence-electron chi connectivity index (χ2n) is 8.72. The highest BCUT2D eigenvalue weighted by Crippen LogP contribution is 2.47. The summed E-state index contributed by atoms with van der Waals surface area (Å²) in [6.07, 6.45) is 5.64. The van der Waals surface area contributed by atoms with E-state index in [1.54, 1.807) is 4.90 Å². The molecule has 0 aromatic carbocycles. The summed E-state index contributed by atoms with van der Waals surface area (Å²) in [6.45, 7) is 13.6. The van der Waals surface area contributed by atoms with E-state index in [1.807, 2.05) is 20.8 Å². The minimum atomic E-state index is -0.425. The first kappa shape index (κ1) is 19.5. The molecule has 0 spiro atoms. The van der Waals surface area contributed by atoms with E-state index < -0.39 is 5.60 Å².